The first kappa shape index (κ1) is 12.5. The molecule has 5 N–H and O–H groups in total. The molecule has 5 nitrogen and oxygen atoms in total. The van der Waals surface area contributed by atoms with E-state index >= 15 is 0 Å². The Morgan fingerprint density at radius 3 is 2.53 bits per heavy atom. The minimum Gasteiger partial charge on any atom is -0.394 e. The van der Waals surface area contributed by atoms with E-state index in [0.29, 0.717) is 6.54 Å². The van der Waals surface area contributed by atoms with E-state index in [1.807, 2.05) is 26.1 Å². The number of carbonyl (C=O) groups excluding carboxylic acids is 1. The number of nitrogens with two attached hydrogens (primary N) is 2. The largest absolute Gasteiger partial charge is 0.394 e. The lowest BCUT2D eigenvalue weighted by molar-refractivity contribution is -0.718. The van der Waals surface area contributed by atoms with Gasteiger partial charge in [0.15, 0.2) is 9.91 Å². The standard InChI is InChI=1S/C9H17N3O2S/c1-8(2,3)11-4-9(5-13)6(14)12-7(10)15-9/h11,13H,4-5H2,1-3H3,(H2,10,12,14)/p+1/t9-/m1/s1. The Morgan fingerprint density at radius 1 is 1.60 bits per heavy atom. The number of aliphatic hydroxyl groups excluding tert-OH is 1. The van der Waals surface area contributed by atoms with Crippen LogP contribution >= 0.6 is 11.8 Å². The predicted molar refractivity (Wildman–Crippen MR) is 60.6 cm³/mol. The topological polar surface area (TPSA) is 92.3 Å². The van der Waals surface area contributed by atoms with Gasteiger partial charge in [0.1, 0.15) is 6.54 Å². The average Bonchev–Trinajstić information content (AvgIpc) is 2.37. The van der Waals surface area contributed by atoms with E-state index in [-0.39, 0.29) is 23.2 Å². The van der Waals surface area contributed by atoms with Crippen LogP contribution < -0.4 is 11.1 Å². The molecule has 0 aromatic rings. The van der Waals surface area contributed by atoms with Gasteiger partial charge in [0, 0.05) is 0 Å². The number of thioether (sulfide) groups is 1. The van der Waals surface area contributed by atoms with Gasteiger partial charge in [-0.05, 0) is 20.8 Å². The van der Waals surface area contributed by atoms with Crippen molar-refractivity contribution in [2.75, 3.05) is 13.2 Å². The third-order valence-electron chi connectivity index (χ3n) is 2.20. The van der Waals surface area contributed by atoms with Crippen molar-refractivity contribution in [3.8, 4) is 0 Å². The number of hydrogen-bond acceptors (Lipinski definition) is 4. The van der Waals surface area contributed by atoms with Crippen molar-refractivity contribution in [1.82, 2.24) is 0 Å². The summed E-state index contributed by atoms with van der Waals surface area (Å²) in [5.74, 6) is -0.326. The first-order valence-electron chi connectivity index (χ1n) is 4.82. The summed E-state index contributed by atoms with van der Waals surface area (Å²) >= 11 is 1.16. The highest BCUT2D eigenvalue weighted by atomic mass is 32.2. The Bertz CT molecular complexity index is 298. The first-order valence-corrected chi connectivity index (χ1v) is 5.64. The molecule has 0 aromatic carbocycles. The van der Waals surface area contributed by atoms with E-state index in [1.165, 1.54) is 0 Å². The van der Waals surface area contributed by atoms with Gasteiger partial charge in [-0.15, -0.1) is 0 Å². The summed E-state index contributed by atoms with van der Waals surface area (Å²) in [6.07, 6.45) is 0. The van der Waals surface area contributed by atoms with Gasteiger partial charge in [-0.25, -0.2) is 0 Å². The van der Waals surface area contributed by atoms with Gasteiger partial charge in [-0.1, -0.05) is 11.8 Å². The number of hydrogen-bond donors (Lipinski definition) is 3. The molecule has 0 bridgehead atoms. The number of aliphatic imine (C=N–C) groups is 1. The molecule has 15 heavy (non-hydrogen) atoms. The smallest absolute Gasteiger partial charge is 0.272 e. The van der Waals surface area contributed by atoms with Crippen LogP contribution in [0.25, 0.3) is 0 Å². The second-order valence-corrected chi connectivity index (χ2v) is 6.19. The zero-order chi connectivity index (χ0) is 11.7. The fraction of sp³-hybridized carbons (Fsp3) is 0.778. The fourth-order valence-corrected chi connectivity index (χ4v) is 2.13. The van der Waals surface area contributed by atoms with Crippen molar-refractivity contribution in [3.05, 3.63) is 0 Å². The lowest BCUT2D eigenvalue weighted by Gasteiger charge is -2.25. The second kappa shape index (κ2) is 4.11. The molecule has 6 heteroatoms. The predicted octanol–water partition coefficient (Wildman–Crippen LogP) is -1.33. The summed E-state index contributed by atoms with van der Waals surface area (Å²) < 4.78 is -0.878. The maximum atomic E-state index is 11.6. The Hall–Kier alpha value is -0.590. The van der Waals surface area contributed by atoms with Crippen molar-refractivity contribution in [2.24, 2.45) is 10.7 Å². The molecular formula is C9H18N3O2S+. The molecule has 0 aliphatic carbocycles. The van der Waals surface area contributed by atoms with Crippen LogP contribution in [0, 0.1) is 0 Å². The number of quaternary nitrogens is 1. The number of amides is 1. The molecule has 0 radical (unpaired) electrons. The number of carbonyl (C=O) groups is 1. The summed E-state index contributed by atoms with van der Waals surface area (Å²) in [7, 11) is 0. The maximum absolute atomic E-state index is 11.6. The fourth-order valence-electron chi connectivity index (χ4n) is 1.23. The van der Waals surface area contributed by atoms with Gasteiger partial charge in [0.05, 0.1) is 12.1 Å². The molecule has 1 heterocycles. The van der Waals surface area contributed by atoms with E-state index in [9.17, 15) is 9.90 Å². The Labute approximate surface area is 93.5 Å². The Balaban J connectivity index is 2.68. The van der Waals surface area contributed by atoms with Crippen molar-refractivity contribution in [2.45, 2.75) is 31.1 Å². The zero-order valence-corrected chi connectivity index (χ0v) is 10.1. The highest BCUT2D eigenvalue weighted by molar-refractivity contribution is 8.16. The maximum Gasteiger partial charge on any atom is 0.272 e. The monoisotopic (exact) mass is 232 g/mol. The van der Waals surface area contributed by atoms with Gasteiger partial charge >= 0.3 is 0 Å². The first-order chi connectivity index (χ1) is 6.79. The van der Waals surface area contributed by atoms with Gasteiger partial charge in [-0.3, -0.25) is 4.79 Å². The van der Waals surface area contributed by atoms with E-state index in [1.54, 1.807) is 0 Å². The second-order valence-electron chi connectivity index (χ2n) is 4.78. The van der Waals surface area contributed by atoms with E-state index < -0.39 is 4.75 Å². The zero-order valence-electron chi connectivity index (χ0n) is 9.28. The van der Waals surface area contributed by atoms with Crippen LogP contribution in [0.1, 0.15) is 20.8 Å². The molecular weight excluding hydrogens is 214 g/mol. The summed E-state index contributed by atoms with van der Waals surface area (Å²) in [5, 5.41) is 11.6. The summed E-state index contributed by atoms with van der Waals surface area (Å²) in [5.41, 5.74) is 5.50. The molecule has 0 spiro atoms. The molecule has 0 saturated heterocycles. The third-order valence-corrected chi connectivity index (χ3v) is 3.36. The molecule has 86 valence electrons. The normalized spacial score (nSPS) is 26.9. The molecule has 0 aromatic heterocycles. The molecule has 1 aliphatic rings. The SMILES string of the molecule is CC(C)(C)[NH2+]C[C@]1(CO)SC(N)=NC1=O. The van der Waals surface area contributed by atoms with Gasteiger partial charge < -0.3 is 16.2 Å². The highest BCUT2D eigenvalue weighted by Crippen LogP contribution is 2.30. The molecule has 0 fully saturated rings. The van der Waals surface area contributed by atoms with Crippen LogP contribution in [0.15, 0.2) is 4.99 Å². The molecule has 1 atom stereocenters. The van der Waals surface area contributed by atoms with Crippen LogP contribution in [0.3, 0.4) is 0 Å². The molecule has 0 saturated carbocycles. The number of rotatable bonds is 3. The number of amidine groups is 1. The summed E-state index contributed by atoms with van der Waals surface area (Å²) in [6, 6.07) is 0. The van der Waals surface area contributed by atoms with Crippen LogP contribution in [-0.2, 0) is 4.79 Å². The van der Waals surface area contributed by atoms with E-state index in [4.69, 9.17) is 5.73 Å². The third kappa shape index (κ3) is 2.93. The quantitative estimate of drug-likeness (QED) is 0.562. The van der Waals surface area contributed by atoms with Gasteiger partial charge in [0.2, 0.25) is 0 Å². The number of nitrogens with zero attached hydrogens (tertiary/aromatic N) is 1. The van der Waals surface area contributed by atoms with E-state index in [2.05, 4.69) is 4.99 Å². The van der Waals surface area contributed by atoms with Crippen molar-refractivity contribution in [1.29, 1.82) is 0 Å². The highest BCUT2D eigenvalue weighted by Gasteiger charge is 2.47. The Kier molecular flexibility index (Phi) is 3.42. The Morgan fingerprint density at radius 2 is 2.20 bits per heavy atom. The molecule has 0 unspecified atom stereocenters. The van der Waals surface area contributed by atoms with Crippen LogP contribution in [-0.4, -0.2) is 39.6 Å². The van der Waals surface area contributed by atoms with Crippen molar-refractivity contribution >= 4 is 22.8 Å². The van der Waals surface area contributed by atoms with Crippen molar-refractivity contribution < 1.29 is 15.2 Å². The van der Waals surface area contributed by atoms with Gasteiger partial charge in [-0.2, -0.15) is 4.99 Å². The summed E-state index contributed by atoms with van der Waals surface area (Å²) in [6.45, 7) is 6.40. The lowest BCUT2D eigenvalue weighted by atomic mass is 10.1. The molecule has 1 amide bonds. The minimum absolute atomic E-state index is 0.0142. The van der Waals surface area contributed by atoms with Crippen LogP contribution in [0.5, 0.6) is 0 Å². The van der Waals surface area contributed by atoms with E-state index in [0.717, 1.165) is 11.8 Å². The lowest BCUT2D eigenvalue weighted by Crippen LogP contribution is -2.97. The minimum atomic E-state index is -0.878. The number of aliphatic hydroxyl groups is 1. The average molecular weight is 232 g/mol. The molecule has 1 aliphatic heterocycles. The van der Waals surface area contributed by atoms with Gasteiger partial charge in [0.25, 0.3) is 5.91 Å². The van der Waals surface area contributed by atoms with Crippen LogP contribution in [0.2, 0.25) is 0 Å². The summed E-state index contributed by atoms with van der Waals surface area (Å²) in [4.78, 5) is 15.2. The van der Waals surface area contributed by atoms with Crippen molar-refractivity contribution in [3.63, 3.8) is 0 Å². The molecule has 1 rings (SSSR count). The van der Waals surface area contributed by atoms with Crippen LogP contribution in [0.4, 0.5) is 0 Å².